The Hall–Kier alpha value is -0.980. The standard InChI is InChI=1S/C15H21BrFN3O/c1-11(12-3-4-14(17)13(16)9-12)19(2)10-15(21)20-7-5-18-6-8-20/h3-4,9,11,18H,5-8,10H2,1-2H3. The van der Waals surface area contributed by atoms with Gasteiger partial charge in [-0.3, -0.25) is 9.69 Å². The molecule has 1 aromatic carbocycles. The van der Waals surface area contributed by atoms with Crippen LogP contribution >= 0.6 is 15.9 Å². The number of rotatable bonds is 4. The molecule has 1 unspecified atom stereocenters. The first-order chi connectivity index (χ1) is 9.99. The second-order valence-electron chi connectivity index (χ2n) is 5.40. The van der Waals surface area contributed by atoms with E-state index in [1.54, 1.807) is 12.1 Å². The molecule has 1 fully saturated rings. The van der Waals surface area contributed by atoms with Crippen LogP contribution in [0, 0.1) is 5.82 Å². The highest BCUT2D eigenvalue weighted by atomic mass is 79.9. The summed E-state index contributed by atoms with van der Waals surface area (Å²) in [6, 6.07) is 5.03. The summed E-state index contributed by atoms with van der Waals surface area (Å²) in [5, 5.41) is 3.23. The van der Waals surface area contributed by atoms with Crippen LogP contribution in [0.2, 0.25) is 0 Å². The van der Waals surface area contributed by atoms with Crippen molar-refractivity contribution in [2.45, 2.75) is 13.0 Å². The maximum absolute atomic E-state index is 13.3. The van der Waals surface area contributed by atoms with Crippen LogP contribution in [0.1, 0.15) is 18.5 Å². The van der Waals surface area contributed by atoms with Gasteiger partial charge in [0.15, 0.2) is 0 Å². The molecule has 1 amide bonds. The molecule has 0 bridgehead atoms. The summed E-state index contributed by atoms with van der Waals surface area (Å²) in [5.74, 6) is -0.127. The molecule has 1 aliphatic rings. The van der Waals surface area contributed by atoms with E-state index in [4.69, 9.17) is 0 Å². The van der Waals surface area contributed by atoms with Crippen LogP contribution in [-0.2, 0) is 4.79 Å². The Morgan fingerprint density at radius 3 is 2.76 bits per heavy atom. The first-order valence-electron chi connectivity index (χ1n) is 7.12. The molecule has 0 aliphatic carbocycles. The topological polar surface area (TPSA) is 35.6 Å². The molecular weight excluding hydrogens is 337 g/mol. The Morgan fingerprint density at radius 2 is 2.14 bits per heavy atom. The normalized spacial score (nSPS) is 17.1. The van der Waals surface area contributed by atoms with E-state index < -0.39 is 0 Å². The highest BCUT2D eigenvalue weighted by Gasteiger charge is 2.21. The second-order valence-corrected chi connectivity index (χ2v) is 6.25. The molecule has 4 nitrogen and oxygen atoms in total. The Labute approximate surface area is 133 Å². The van der Waals surface area contributed by atoms with Crippen molar-refractivity contribution in [3.63, 3.8) is 0 Å². The maximum atomic E-state index is 13.3. The number of benzene rings is 1. The highest BCUT2D eigenvalue weighted by molar-refractivity contribution is 9.10. The molecule has 0 saturated carbocycles. The van der Waals surface area contributed by atoms with E-state index in [1.165, 1.54) is 6.07 Å². The Kier molecular flexibility index (Phi) is 5.72. The van der Waals surface area contributed by atoms with E-state index in [0.29, 0.717) is 11.0 Å². The van der Waals surface area contributed by atoms with Crippen LogP contribution in [0.5, 0.6) is 0 Å². The molecule has 1 heterocycles. The van der Waals surface area contributed by atoms with Crippen LogP contribution in [0.15, 0.2) is 22.7 Å². The molecule has 1 aliphatic heterocycles. The lowest BCUT2D eigenvalue weighted by Gasteiger charge is -2.31. The van der Waals surface area contributed by atoms with E-state index in [0.717, 1.165) is 31.7 Å². The second kappa shape index (κ2) is 7.33. The van der Waals surface area contributed by atoms with Gasteiger partial charge in [-0.2, -0.15) is 0 Å². The third kappa shape index (κ3) is 4.25. The Balaban J connectivity index is 1.96. The summed E-state index contributed by atoms with van der Waals surface area (Å²) < 4.78 is 13.7. The fourth-order valence-corrected chi connectivity index (χ4v) is 2.79. The fraction of sp³-hybridized carbons (Fsp3) is 0.533. The van der Waals surface area contributed by atoms with Gasteiger partial charge in [0.05, 0.1) is 11.0 Å². The van der Waals surface area contributed by atoms with Crippen LogP contribution in [0.4, 0.5) is 4.39 Å². The van der Waals surface area contributed by atoms with Gasteiger partial charge in [0.2, 0.25) is 5.91 Å². The molecule has 1 atom stereocenters. The Morgan fingerprint density at radius 1 is 1.48 bits per heavy atom. The van der Waals surface area contributed by atoms with Gasteiger partial charge in [0, 0.05) is 32.2 Å². The summed E-state index contributed by atoms with van der Waals surface area (Å²) in [6.45, 7) is 5.64. The summed E-state index contributed by atoms with van der Waals surface area (Å²) in [6.07, 6.45) is 0. The third-order valence-corrected chi connectivity index (χ3v) is 4.55. The van der Waals surface area contributed by atoms with Gasteiger partial charge < -0.3 is 10.2 Å². The molecule has 1 saturated heterocycles. The molecule has 116 valence electrons. The number of hydrogen-bond acceptors (Lipinski definition) is 3. The number of amides is 1. The van der Waals surface area contributed by atoms with Crippen molar-refractivity contribution in [3.8, 4) is 0 Å². The van der Waals surface area contributed by atoms with Crippen LogP contribution in [0.25, 0.3) is 0 Å². The molecular formula is C15H21BrFN3O. The number of likely N-dealkylation sites (N-methyl/N-ethyl adjacent to an activating group) is 1. The minimum Gasteiger partial charge on any atom is -0.339 e. The minimum absolute atomic E-state index is 0.0498. The number of carbonyl (C=O) groups excluding carboxylic acids is 1. The van der Waals surface area contributed by atoms with Crippen molar-refractivity contribution in [1.29, 1.82) is 0 Å². The lowest BCUT2D eigenvalue weighted by atomic mass is 10.1. The average molecular weight is 358 g/mol. The van der Waals surface area contributed by atoms with Gasteiger partial charge in [-0.1, -0.05) is 6.07 Å². The monoisotopic (exact) mass is 357 g/mol. The largest absolute Gasteiger partial charge is 0.339 e. The van der Waals surface area contributed by atoms with Crippen molar-refractivity contribution in [2.75, 3.05) is 39.8 Å². The zero-order valence-electron chi connectivity index (χ0n) is 12.4. The predicted octanol–water partition coefficient (Wildman–Crippen LogP) is 2.01. The summed E-state index contributed by atoms with van der Waals surface area (Å²) in [5.41, 5.74) is 0.985. The number of nitrogens with zero attached hydrogens (tertiary/aromatic N) is 2. The smallest absolute Gasteiger partial charge is 0.236 e. The number of halogens is 2. The lowest BCUT2D eigenvalue weighted by Crippen LogP contribution is -2.49. The first-order valence-corrected chi connectivity index (χ1v) is 7.92. The van der Waals surface area contributed by atoms with E-state index in [1.807, 2.05) is 23.8 Å². The van der Waals surface area contributed by atoms with Gasteiger partial charge in [-0.15, -0.1) is 0 Å². The lowest BCUT2D eigenvalue weighted by molar-refractivity contribution is -0.133. The molecule has 1 aromatic rings. The predicted molar refractivity (Wildman–Crippen MR) is 84.6 cm³/mol. The zero-order chi connectivity index (χ0) is 15.4. The number of hydrogen-bond donors (Lipinski definition) is 1. The molecule has 0 radical (unpaired) electrons. The van der Waals surface area contributed by atoms with Gasteiger partial charge in [-0.25, -0.2) is 4.39 Å². The van der Waals surface area contributed by atoms with Gasteiger partial charge in [0.1, 0.15) is 5.82 Å². The van der Waals surface area contributed by atoms with Crippen molar-refractivity contribution in [2.24, 2.45) is 0 Å². The van der Waals surface area contributed by atoms with E-state index in [9.17, 15) is 9.18 Å². The van der Waals surface area contributed by atoms with Gasteiger partial charge >= 0.3 is 0 Å². The molecule has 1 N–H and O–H groups in total. The molecule has 21 heavy (non-hydrogen) atoms. The number of nitrogens with one attached hydrogen (secondary N) is 1. The van der Waals surface area contributed by atoms with E-state index >= 15 is 0 Å². The van der Waals surface area contributed by atoms with Crippen LogP contribution in [-0.4, -0.2) is 55.5 Å². The van der Waals surface area contributed by atoms with Crippen molar-refractivity contribution in [1.82, 2.24) is 15.1 Å². The van der Waals surface area contributed by atoms with Crippen molar-refractivity contribution in [3.05, 3.63) is 34.1 Å². The average Bonchev–Trinajstić information content (AvgIpc) is 2.50. The molecule has 6 heteroatoms. The summed E-state index contributed by atoms with van der Waals surface area (Å²) in [7, 11) is 1.92. The van der Waals surface area contributed by atoms with E-state index in [-0.39, 0.29) is 17.8 Å². The third-order valence-electron chi connectivity index (χ3n) is 3.94. The quantitative estimate of drug-likeness (QED) is 0.895. The van der Waals surface area contributed by atoms with Crippen molar-refractivity contribution < 1.29 is 9.18 Å². The molecule has 0 aromatic heterocycles. The van der Waals surface area contributed by atoms with E-state index in [2.05, 4.69) is 21.2 Å². The van der Waals surface area contributed by atoms with Gasteiger partial charge in [0.25, 0.3) is 0 Å². The SMILES string of the molecule is CC(c1ccc(F)c(Br)c1)N(C)CC(=O)N1CCNCC1. The summed E-state index contributed by atoms with van der Waals surface area (Å²) >= 11 is 3.20. The first kappa shape index (κ1) is 16.4. The number of piperazine rings is 1. The molecule has 2 rings (SSSR count). The summed E-state index contributed by atoms with van der Waals surface area (Å²) in [4.78, 5) is 16.1. The maximum Gasteiger partial charge on any atom is 0.236 e. The zero-order valence-corrected chi connectivity index (χ0v) is 14.0. The fourth-order valence-electron chi connectivity index (χ4n) is 2.39. The minimum atomic E-state index is -0.273. The van der Waals surface area contributed by atoms with Gasteiger partial charge in [-0.05, 0) is 47.6 Å². The Bertz CT molecular complexity index is 506. The van der Waals surface area contributed by atoms with Crippen molar-refractivity contribution >= 4 is 21.8 Å². The van der Waals surface area contributed by atoms with Crippen LogP contribution < -0.4 is 5.32 Å². The van der Waals surface area contributed by atoms with Crippen LogP contribution in [0.3, 0.4) is 0 Å². The number of carbonyl (C=O) groups is 1. The highest BCUT2D eigenvalue weighted by Crippen LogP contribution is 2.24. The molecule has 0 spiro atoms.